The molecule has 4 nitrogen and oxygen atoms in total. The van der Waals surface area contributed by atoms with Crippen LogP contribution in [-0.4, -0.2) is 53.6 Å². The molecular formula is C20H27NO3. The van der Waals surface area contributed by atoms with Crippen LogP contribution in [-0.2, 0) is 0 Å². The van der Waals surface area contributed by atoms with Gasteiger partial charge in [0.15, 0.2) is 0 Å². The predicted molar refractivity (Wildman–Crippen MR) is 96.4 cm³/mol. The van der Waals surface area contributed by atoms with Gasteiger partial charge in [0.05, 0.1) is 0 Å². The van der Waals surface area contributed by atoms with Crippen molar-refractivity contribution in [2.45, 2.75) is 37.8 Å². The Balaban J connectivity index is 1.53. The van der Waals surface area contributed by atoms with Gasteiger partial charge >= 0.3 is 0 Å². The number of likely N-dealkylation sites (tertiary alicyclic amines) is 1. The van der Waals surface area contributed by atoms with E-state index in [2.05, 4.69) is 17.0 Å². The zero-order chi connectivity index (χ0) is 16.8. The zero-order valence-corrected chi connectivity index (χ0v) is 14.1. The molecule has 130 valence electrons. The summed E-state index contributed by atoms with van der Waals surface area (Å²) in [5.74, 6) is 0.790. The maximum absolute atomic E-state index is 10.3. The Morgan fingerprint density at radius 1 is 1.12 bits per heavy atom. The lowest BCUT2D eigenvalue weighted by Gasteiger charge is -2.36. The van der Waals surface area contributed by atoms with E-state index in [1.165, 1.54) is 18.2 Å². The second-order valence-electron chi connectivity index (χ2n) is 6.63. The lowest BCUT2D eigenvalue weighted by atomic mass is 9.99. The van der Waals surface area contributed by atoms with Gasteiger partial charge in [-0.15, -0.1) is 0 Å². The SMILES string of the molecule is OCC[C@@H]1CCCCN1C[C@H](O)COc1ccc2ccccc2c1. The third kappa shape index (κ3) is 4.47. The maximum Gasteiger partial charge on any atom is 0.120 e. The van der Waals surface area contributed by atoms with Crippen LogP contribution in [0.3, 0.4) is 0 Å². The van der Waals surface area contributed by atoms with E-state index in [0.29, 0.717) is 19.2 Å². The third-order valence-electron chi connectivity index (χ3n) is 4.82. The van der Waals surface area contributed by atoms with Gasteiger partial charge in [-0.25, -0.2) is 0 Å². The first-order valence-corrected chi connectivity index (χ1v) is 8.91. The lowest BCUT2D eigenvalue weighted by Crippen LogP contribution is -2.45. The molecule has 0 spiro atoms. The van der Waals surface area contributed by atoms with E-state index in [4.69, 9.17) is 4.74 Å². The molecule has 0 bridgehead atoms. The number of ether oxygens (including phenoxy) is 1. The first-order chi connectivity index (χ1) is 11.8. The standard InChI is InChI=1S/C20H27NO3/c22-12-10-18-7-3-4-11-21(18)14-19(23)15-24-20-9-8-16-5-1-2-6-17(16)13-20/h1-2,5-6,8-9,13,18-19,22-23H,3-4,7,10-12,14-15H2/t18-,19-/m0/s1. The third-order valence-corrected chi connectivity index (χ3v) is 4.82. The number of piperidine rings is 1. The van der Waals surface area contributed by atoms with Crippen molar-refractivity contribution in [2.75, 3.05) is 26.3 Å². The lowest BCUT2D eigenvalue weighted by molar-refractivity contribution is 0.0332. The summed E-state index contributed by atoms with van der Waals surface area (Å²) < 4.78 is 5.79. The molecule has 2 aromatic rings. The first-order valence-electron chi connectivity index (χ1n) is 8.91. The minimum atomic E-state index is -0.518. The summed E-state index contributed by atoms with van der Waals surface area (Å²) in [7, 11) is 0. The molecule has 0 saturated carbocycles. The number of β-amino-alcohol motifs (C(OH)–C–C–N with tert-alkyl or cyclic N) is 1. The van der Waals surface area contributed by atoms with Gasteiger partial charge in [-0.2, -0.15) is 0 Å². The van der Waals surface area contributed by atoms with Crippen molar-refractivity contribution < 1.29 is 14.9 Å². The first kappa shape index (κ1) is 17.2. The van der Waals surface area contributed by atoms with Crippen LogP contribution in [0, 0.1) is 0 Å². The molecule has 1 heterocycles. The van der Waals surface area contributed by atoms with Gasteiger partial charge < -0.3 is 14.9 Å². The molecule has 4 heteroatoms. The number of aliphatic hydroxyl groups is 2. The molecule has 2 N–H and O–H groups in total. The minimum Gasteiger partial charge on any atom is -0.491 e. The van der Waals surface area contributed by atoms with Crippen LogP contribution in [0.25, 0.3) is 10.8 Å². The van der Waals surface area contributed by atoms with Gasteiger partial charge in [0, 0.05) is 19.2 Å². The van der Waals surface area contributed by atoms with Crippen LogP contribution in [0.2, 0.25) is 0 Å². The van der Waals surface area contributed by atoms with E-state index in [9.17, 15) is 10.2 Å². The van der Waals surface area contributed by atoms with Gasteiger partial charge in [-0.05, 0) is 48.7 Å². The van der Waals surface area contributed by atoms with Gasteiger partial charge in [0.1, 0.15) is 18.5 Å². The average Bonchev–Trinajstić information content (AvgIpc) is 2.62. The van der Waals surface area contributed by atoms with Crippen molar-refractivity contribution in [1.29, 1.82) is 0 Å². The monoisotopic (exact) mass is 329 g/mol. The van der Waals surface area contributed by atoms with Gasteiger partial charge in [0.25, 0.3) is 0 Å². The molecule has 2 aromatic carbocycles. The summed E-state index contributed by atoms with van der Waals surface area (Å²) in [5, 5.41) is 21.9. The predicted octanol–water partition coefficient (Wildman–Crippen LogP) is 2.82. The molecule has 0 unspecified atom stereocenters. The van der Waals surface area contributed by atoms with Crippen molar-refractivity contribution in [1.82, 2.24) is 4.90 Å². The fraction of sp³-hybridized carbons (Fsp3) is 0.500. The van der Waals surface area contributed by atoms with Crippen molar-refractivity contribution in [3.63, 3.8) is 0 Å². The second-order valence-corrected chi connectivity index (χ2v) is 6.63. The van der Waals surface area contributed by atoms with E-state index >= 15 is 0 Å². The number of hydrogen-bond donors (Lipinski definition) is 2. The van der Waals surface area contributed by atoms with E-state index in [1.807, 2.05) is 30.3 Å². The topological polar surface area (TPSA) is 52.9 Å². The van der Waals surface area contributed by atoms with E-state index in [1.54, 1.807) is 0 Å². The Morgan fingerprint density at radius 3 is 2.79 bits per heavy atom. The maximum atomic E-state index is 10.3. The minimum absolute atomic E-state index is 0.213. The summed E-state index contributed by atoms with van der Waals surface area (Å²) in [6.07, 6.45) is 3.76. The molecule has 2 atom stereocenters. The normalized spacial score (nSPS) is 20.2. The Bertz CT molecular complexity index is 644. The molecular weight excluding hydrogens is 302 g/mol. The highest BCUT2D eigenvalue weighted by atomic mass is 16.5. The van der Waals surface area contributed by atoms with E-state index in [-0.39, 0.29) is 6.61 Å². The fourth-order valence-corrected chi connectivity index (χ4v) is 3.55. The summed E-state index contributed by atoms with van der Waals surface area (Å²) >= 11 is 0. The van der Waals surface area contributed by atoms with Crippen LogP contribution in [0.15, 0.2) is 42.5 Å². The molecule has 1 fully saturated rings. The van der Waals surface area contributed by atoms with Crippen LogP contribution in [0.1, 0.15) is 25.7 Å². The summed E-state index contributed by atoms with van der Waals surface area (Å²) in [6, 6.07) is 14.6. The van der Waals surface area contributed by atoms with Crippen molar-refractivity contribution in [3.8, 4) is 5.75 Å². The Labute approximate surface area is 143 Å². The number of aliphatic hydroxyl groups excluding tert-OH is 2. The highest BCUT2D eigenvalue weighted by Gasteiger charge is 2.24. The Morgan fingerprint density at radius 2 is 1.96 bits per heavy atom. The second kappa shape index (κ2) is 8.47. The summed E-state index contributed by atoms with van der Waals surface area (Å²) in [5.41, 5.74) is 0. The Hall–Kier alpha value is -1.62. The average molecular weight is 329 g/mol. The Kier molecular flexibility index (Phi) is 6.07. The molecule has 3 rings (SSSR count). The molecule has 1 saturated heterocycles. The quantitative estimate of drug-likeness (QED) is 0.820. The summed E-state index contributed by atoms with van der Waals surface area (Å²) in [4.78, 5) is 2.30. The molecule has 0 aliphatic carbocycles. The van der Waals surface area contributed by atoms with Crippen LogP contribution in [0.4, 0.5) is 0 Å². The largest absolute Gasteiger partial charge is 0.491 e. The molecule has 0 aromatic heterocycles. The zero-order valence-electron chi connectivity index (χ0n) is 14.1. The van der Waals surface area contributed by atoms with E-state index < -0.39 is 6.10 Å². The highest BCUT2D eigenvalue weighted by Crippen LogP contribution is 2.22. The molecule has 24 heavy (non-hydrogen) atoms. The van der Waals surface area contributed by atoms with Crippen molar-refractivity contribution >= 4 is 10.8 Å². The highest BCUT2D eigenvalue weighted by molar-refractivity contribution is 5.83. The van der Waals surface area contributed by atoms with Gasteiger partial charge in [-0.1, -0.05) is 36.8 Å². The number of nitrogens with zero attached hydrogens (tertiary/aromatic N) is 1. The fourth-order valence-electron chi connectivity index (χ4n) is 3.55. The molecule has 1 aliphatic rings. The smallest absolute Gasteiger partial charge is 0.120 e. The molecule has 1 aliphatic heterocycles. The van der Waals surface area contributed by atoms with Gasteiger partial charge in [0.2, 0.25) is 0 Å². The number of benzene rings is 2. The number of fused-ring (bicyclic) bond motifs is 1. The number of hydrogen-bond acceptors (Lipinski definition) is 4. The van der Waals surface area contributed by atoms with Crippen molar-refractivity contribution in [2.24, 2.45) is 0 Å². The van der Waals surface area contributed by atoms with Gasteiger partial charge in [-0.3, -0.25) is 4.90 Å². The van der Waals surface area contributed by atoms with Crippen molar-refractivity contribution in [3.05, 3.63) is 42.5 Å². The van der Waals surface area contributed by atoms with Crippen LogP contribution < -0.4 is 4.74 Å². The van der Waals surface area contributed by atoms with E-state index in [0.717, 1.165) is 30.5 Å². The molecule has 0 amide bonds. The molecule has 0 radical (unpaired) electrons. The summed E-state index contributed by atoms with van der Waals surface area (Å²) in [6.45, 7) is 2.11. The van der Waals surface area contributed by atoms with Crippen LogP contribution in [0.5, 0.6) is 5.75 Å². The number of rotatable bonds is 7. The van der Waals surface area contributed by atoms with Crippen LogP contribution >= 0.6 is 0 Å².